The van der Waals surface area contributed by atoms with Gasteiger partial charge in [0.25, 0.3) is 5.91 Å². The summed E-state index contributed by atoms with van der Waals surface area (Å²) >= 11 is 0. The molecule has 3 rings (SSSR count). The molecule has 0 bridgehead atoms. The minimum atomic E-state index is -0.276. The van der Waals surface area contributed by atoms with Crippen molar-refractivity contribution in [3.05, 3.63) is 60.3 Å². The molecule has 0 spiro atoms. The van der Waals surface area contributed by atoms with Gasteiger partial charge in [0.05, 0.1) is 25.4 Å². The zero-order valence-electron chi connectivity index (χ0n) is 16.6. The molecule has 0 aliphatic heterocycles. The SMILES string of the molecule is COc1cc(OC)cc(C(=O)NCCN(C(C)=O)c2cccc3cccnc23)c1. The lowest BCUT2D eigenvalue weighted by Crippen LogP contribution is -2.37. The van der Waals surface area contributed by atoms with Crippen molar-refractivity contribution in [2.75, 3.05) is 32.2 Å². The van der Waals surface area contributed by atoms with Crippen LogP contribution in [0.25, 0.3) is 10.9 Å². The Hall–Kier alpha value is -3.61. The Bertz CT molecular complexity index is 1010. The molecule has 2 aromatic carbocycles. The first-order chi connectivity index (χ1) is 14.0. The summed E-state index contributed by atoms with van der Waals surface area (Å²) in [6.07, 6.45) is 1.70. The molecule has 2 amide bonds. The fourth-order valence-electron chi connectivity index (χ4n) is 3.08. The highest BCUT2D eigenvalue weighted by molar-refractivity contribution is 6.01. The fraction of sp³-hybridized carbons (Fsp3) is 0.227. The van der Waals surface area contributed by atoms with E-state index < -0.39 is 0 Å². The van der Waals surface area contributed by atoms with Gasteiger partial charge >= 0.3 is 0 Å². The maximum atomic E-state index is 12.5. The first kappa shape index (κ1) is 20.1. The van der Waals surface area contributed by atoms with Crippen molar-refractivity contribution < 1.29 is 19.1 Å². The van der Waals surface area contributed by atoms with E-state index >= 15 is 0 Å². The predicted molar refractivity (Wildman–Crippen MR) is 112 cm³/mol. The van der Waals surface area contributed by atoms with Gasteiger partial charge in [-0.2, -0.15) is 0 Å². The fourth-order valence-corrected chi connectivity index (χ4v) is 3.08. The average Bonchev–Trinajstić information content (AvgIpc) is 2.75. The molecule has 7 heteroatoms. The Morgan fingerprint density at radius 3 is 2.38 bits per heavy atom. The van der Waals surface area contributed by atoms with Crippen molar-refractivity contribution >= 4 is 28.4 Å². The van der Waals surface area contributed by atoms with Crippen LogP contribution in [0.5, 0.6) is 11.5 Å². The summed E-state index contributed by atoms with van der Waals surface area (Å²) in [6, 6.07) is 14.4. The number of aromatic nitrogens is 1. The van der Waals surface area contributed by atoms with E-state index in [9.17, 15) is 9.59 Å². The maximum absolute atomic E-state index is 12.5. The zero-order chi connectivity index (χ0) is 20.8. The van der Waals surface area contributed by atoms with Crippen LogP contribution in [0.1, 0.15) is 17.3 Å². The molecule has 0 saturated heterocycles. The van der Waals surface area contributed by atoms with Crippen LogP contribution in [0.15, 0.2) is 54.7 Å². The van der Waals surface area contributed by atoms with E-state index in [4.69, 9.17) is 9.47 Å². The molecule has 0 unspecified atom stereocenters. The molecule has 150 valence electrons. The van der Waals surface area contributed by atoms with Crippen LogP contribution in [-0.4, -0.2) is 44.1 Å². The highest BCUT2D eigenvalue weighted by Crippen LogP contribution is 2.25. The first-order valence-corrected chi connectivity index (χ1v) is 9.16. The number of ether oxygens (including phenoxy) is 2. The summed E-state index contributed by atoms with van der Waals surface area (Å²) in [5, 5.41) is 3.79. The number of nitrogens with zero attached hydrogens (tertiary/aromatic N) is 2. The van der Waals surface area contributed by atoms with E-state index in [2.05, 4.69) is 10.3 Å². The van der Waals surface area contributed by atoms with Crippen molar-refractivity contribution in [1.82, 2.24) is 10.3 Å². The summed E-state index contributed by atoms with van der Waals surface area (Å²) in [6.45, 7) is 2.09. The molecule has 0 saturated carbocycles. The third kappa shape index (κ3) is 4.63. The van der Waals surface area contributed by atoms with E-state index in [1.807, 2.05) is 30.3 Å². The van der Waals surface area contributed by atoms with Gasteiger partial charge in [-0.15, -0.1) is 0 Å². The van der Waals surface area contributed by atoms with Gasteiger partial charge in [-0.25, -0.2) is 0 Å². The molecule has 0 aliphatic carbocycles. The lowest BCUT2D eigenvalue weighted by molar-refractivity contribution is -0.116. The standard InChI is InChI=1S/C22H23N3O4/c1-15(26)25(20-8-4-6-16-7-5-9-23-21(16)20)11-10-24-22(27)17-12-18(28-2)14-19(13-17)29-3/h4-9,12-14H,10-11H2,1-3H3,(H,24,27). The maximum Gasteiger partial charge on any atom is 0.251 e. The number of amides is 2. The number of hydrogen-bond acceptors (Lipinski definition) is 5. The van der Waals surface area contributed by atoms with Gasteiger partial charge in [-0.05, 0) is 24.3 Å². The lowest BCUT2D eigenvalue weighted by atomic mass is 10.1. The van der Waals surface area contributed by atoms with Gasteiger partial charge in [0.15, 0.2) is 0 Å². The van der Waals surface area contributed by atoms with Crippen LogP contribution >= 0.6 is 0 Å². The smallest absolute Gasteiger partial charge is 0.251 e. The summed E-state index contributed by atoms with van der Waals surface area (Å²) in [5.74, 6) is 0.658. The Kier molecular flexibility index (Phi) is 6.29. The number of anilines is 1. The van der Waals surface area contributed by atoms with Crippen LogP contribution in [-0.2, 0) is 4.79 Å². The quantitative estimate of drug-likeness (QED) is 0.667. The second kappa shape index (κ2) is 9.05. The second-order valence-electron chi connectivity index (χ2n) is 6.38. The average molecular weight is 393 g/mol. The topological polar surface area (TPSA) is 80.8 Å². The molecule has 0 aliphatic rings. The predicted octanol–water partition coefficient (Wildman–Crippen LogP) is 3.03. The number of nitrogens with one attached hydrogen (secondary N) is 1. The van der Waals surface area contributed by atoms with E-state index in [-0.39, 0.29) is 18.4 Å². The number of methoxy groups -OCH3 is 2. The Labute approximate surface area is 169 Å². The van der Waals surface area contributed by atoms with Crippen LogP contribution in [0.4, 0.5) is 5.69 Å². The summed E-state index contributed by atoms with van der Waals surface area (Å²) in [4.78, 5) is 30.8. The van der Waals surface area contributed by atoms with Gasteiger partial charge < -0.3 is 19.7 Å². The van der Waals surface area contributed by atoms with Crippen LogP contribution in [0.2, 0.25) is 0 Å². The van der Waals surface area contributed by atoms with Crippen molar-refractivity contribution in [3.8, 4) is 11.5 Å². The van der Waals surface area contributed by atoms with Crippen molar-refractivity contribution in [2.24, 2.45) is 0 Å². The van der Waals surface area contributed by atoms with Gasteiger partial charge in [0.1, 0.15) is 11.5 Å². The lowest BCUT2D eigenvalue weighted by Gasteiger charge is -2.22. The van der Waals surface area contributed by atoms with E-state index in [0.717, 1.165) is 10.9 Å². The third-order valence-corrected chi connectivity index (χ3v) is 4.52. The van der Waals surface area contributed by atoms with Gasteiger partial charge in [0.2, 0.25) is 5.91 Å². The number of carbonyl (C=O) groups excluding carboxylic acids is 2. The minimum absolute atomic E-state index is 0.125. The number of pyridine rings is 1. The number of benzene rings is 2. The van der Waals surface area contributed by atoms with E-state index in [1.54, 1.807) is 29.3 Å². The summed E-state index contributed by atoms with van der Waals surface area (Å²) in [7, 11) is 3.05. The monoisotopic (exact) mass is 393 g/mol. The Morgan fingerprint density at radius 2 is 1.72 bits per heavy atom. The molecule has 3 aromatic rings. The highest BCUT2D eigenvalue weighted by atomic mass is 16.5. The summed E-state index contributed by atoms with van der Waals surface area (Å²) in [5.41, 5.74) is 1.88. The number of hydrogen-bond donors (Lipinski definition) is 1. The molecule has 1 N–H and O–H groups in total. The molecule has 29 heavy (non-hydrogen) atoms. The van der Waals surface area contributed by atoms with Crippen molar-refractivity contribution in [2.45, 2.75) is 6.92 Å². The van der Waals surface area contributed by atoms with Crippen molar-refractivity contribution in [3.63, 3.8) is 0 Å². The third-order valence-electron chi connectivity index (χ3n) is 4.52. The number of carbonyl (C=O) groups is 2. The molecular weight excluding hydrogens is 370 g/mol. The van der Waals surface area contributed by atoms with E-state index in [0.29, 0.717) is 29.3 Å². The zero-order valence-corrected chi connectivity index (χ0v) is 16.6. The molecule has 0 atom stereocenters. The summed E-state index contributed by atoms with van der Waals surface area (Å²) < 4.78 is 10.4. The second-order valence-corrected chi connectivity index (χ2v) is 6.38. The van der Waals surface area contributed by atoms with E-state index in [1.165, 1.54) is 21.1 Å². The molecule has 0 fully saturated rings. The first-order valence-electron chi connectivity index (χ1n) is 9.16. The number of para-hydroxylation sites is 1. The van der Waals surface area contributed by atoms with Crippen molar-refractivity contribution in [1.29, 1.82) is 0 Å². The Balaban J connectivity index is 1.73. The van der Waals surface area contributed by atoms with Crippen LogP contribution in [0.3, 0.4) is 0 Å². The normalized spacial score (nSPS) is 10.4. The highest BCUT2D eigenvalue weighted by Gasteiger charge is 2.16. The minimum Gasteiger partial charge on any atom is -0.497 e. The molecule has 7 nitrogen and oxygen atoms in total. The number of rotatable bonds is 7. The molecular formula is C22H23N3O4. The van der Waals surface area contributed by atoms with Gasteiger partial charge in [-0.1, -0.05) is 18.2 Å². The molecule has 0 radical (unpaired) electrons. The van der Waals surface area contributed by atoms with Gasteiger partial charge in [-0.3, -0.25) is 14.6 Å². The Morgan fingerprint density at radius 1 is 1.03 bits per heavy atom. The van der Waals surface area contributed by atoms with Crippen LogP contribution in [0, 0.1) is 0 Å². The molecule has 1 aromatic heterocycles. The van der Waals surface area contributed by atoms with Gasteiger partial charge in [0, 0.05) is 43.2 Å². The largest absolute Gasteiger partial charge is 0.497 e. The molecule has 1 heterocycles. The van der Waals surface area contributed by atoms with Crippen LogP contribution < -0.4 is 19.7 Å². The number of fused-ring (bicyclic) bond motifs is 1.